The molecule has 3 rings (SSSR count). The Hall–Kier alpha value is -3.64. The first kappa shape index (κ1) is 24.0. The number of hydrogen-bond donors (Lipinski definition) is 4. The Morgan fingerprint density at radius 3 is 2.52 bits per heavy atom. The maximum Gasteiger partial charge on any atom is 0.573 e. The molecule has 0 radical (unpaired) electrons. The standard InChI is InChI=1S/C21H16F3N3O4S2/c1-11(26-27-20(32)25-14-4-2-3-13(9-14)19(29)30)16-10-33-18(17(16)28)12-5-7-15(8-6-12)31-21(22,23)24/h2-10,28H,1H3,(H,29,30)(H2,25,27,32)/b26-11+. The molecule has 1 heterocycles. The predicted molar refractivity (Wildman–Crippen MR) is 123 cm³/mol. The van der Waals surface area contributed by atoms with Gasteiger partial charge in [0.15, 0.2) is 5.11 Å². The lowest BCUT2D eigenvalue weighted by atomic mass is 10.1. The molecular weight excluding hydrogens is 479 g/mol. The molecule has 0 aliphatic rings. The van der Waals surface area contributed by atoms with Crippen molar-refractivity contribution in [2.75, 3.05) is 5.32 Å². The molecular formula is C21H16F3N3O4S2. The minimum Gasteiger partial charge on any atom is -0.506 e. The number of thiophene rings is 1. The Labute approximate surface area is 195 Å². The number of ether oxygens (including phenoxy) is 1. The number of carboxylic acid groups (broad SMARTS) is 1. The van der Waals surface area contributed by atoms with Crippen LogP contribution in [0.4, 0.5) is 18.9 Å². The quantitative estimate of drug-likeness (QED) is 0.205. The van der Waals surface area contributed by atoms with Gasteiger partial charge in [-0.25, -0.2) is 4.79 Å². The van der Waals surface area contributed by atoms with E-state index in [2.05, 4.69) is 20.6 Å². The van der Waals surface area contributed by atoms with Crippen molar-refractivity contribution < 1.29 is 32.9 Å². The second-order valence-corrected chi connectivity index (χ2v) is 7.84. The van der Waals surface area contributed by atoms with Crippen LogP contribution >= 0.6 is 23.6 Å². The van der Waals surface area contributed by atoms with Crippen LogP contribution < -0.4 is 15.5 Å². The number of hydrogen-bond acceptors (Lipinski definition) is 6. The van der Waals surface area contributed by atoms with E-state index >= 15 is 0 Å². The zero-order valence-electron chi connectivity index (χ0n) is 16.8. The third kappa shape index (κ3) is 6.43. The van der Waals surface area contributed by atoms with E-state index in [0.717, 1.165) is 12.1 Å². The molecule has 12 heteroatoms. The van der Waals surface area contributed by atoms with Gasteiger partial charge in [0.25, 0.3) is 0 Å². The Morgan fingerprint density at radius 1 is 1.18 bits per heavy atom. The molecule has 4 N–H and O–H groups in total. The largest absolute Gasteiger partial charge is 0.573 e. The number of carbonyl (C=O) groups is 1. The van der Waals surface area contributed by atoms with Crippen LogP contribution in [0, 0.1) is 0 Å². The van der Waals surface area contributed by atoms with Gasteiger partial charge in [-0.05, 0) is 67.2 Å². The first-order chi connectivity index (χ1) is 15.5. The molecule has 0 aliphatic heterocycles. The van der Waals surface area contributed by atoms with Crippen molar-refractivity contribution >= 4 is 46.0 Å². The number of carboxylic acids is 1. The van der Waals surface area contributed by atoms with Gasteiger partial charge in [-0.1, -0.05) is 6.07 Å². The van der Waals surface area contributed by atoms with E-state index in [0.29, 0.717) is 27.4 Å². The second-order valence-electron chi connectivity index (χ2n) is 6.55. The highest BCUT2D eigenvalue weighted by Gasteiger charge is 2.31. The van der Waals surface area contributed by atoms with Crippen LogP contribution in [0.5, 0.6) is 11.5 Å². The van der Waals surface area contributed by atoms with Crippen LogP contribution in [0.3, 0.4) is 0 Å². The van der Waals surface area contributed by atoms with Crippen molar-refractivity contribution in [1.29, 1.82) is 0 Å². The summed E-state index contributed by atoms with van der Waals surface area (Å²) in [5, 5.41) is 28.3. The van der Waals surface area contributed by atoms with Gasteiger partial charge in [-0.3, -0.25) is 5.43 Å². The number of thiocarbonyl (C=S) groups is 1. The van der Waals surface area contributed by atoms with Crippen molar-refractivity contribution in [3.05, 3.63) is 65.0 Å². The van der Waals surface area contributed by atoms with Gasteiger partial charge in [0, 0.05) is 11.1 Å². The Balaban J connectivity index is 1.68. The number of aromatic carboxylic acids is 1. The smallest absolute Gasteiger partial charge is 0.506 e. The zero-order chi connectivity index (χ0) is 24.2. The first-order valence-corrected chi connectivity index (χ1v) is 10.4. The van der Waals surface area contributed by atoms with Crippen LogP contribution in [0.25, 0.3) is 10.4 Å². The van der Waals surface area contributed by atoms with Crippen LogP contribution in [-0.2, 0) is 0 Å². The normalized spacial score (nSPS) is 11.7. The van der Waals surface area contributed by atoms with E-state index in [-0.39, 0.29) is 22.2 Å². The van der Waals surface area contributed by atoms with E-state index in [1.165, 1.54) is 35.6 Å². The fourth-order valence-electron chi connectivity index (χ4n) is 2.71. The van der Waals surface area contributed by atoms with Crippen molar-refractivity contribution in [3.8, 4) is 21.9 Å². The molecule has 0 aliphatic carbocycles. The van der Waals surface area contributed by atoms with E-state index in [4.69, 9.17) is 17.3 Å². The fourth-order valence-corrected chi connectivity index (χ4v) is 3.88. The lowest BCUT2D eigenvalue weighted by Crippen LogP contribution is -2.25. The van der Waals surface area contributed by atoms with Crippen molar-refractivity contribution in [1.82, 2.24) is 5.43 Å². The van der Waals surface area contributed by atoms with Crippen LogP contribution in [0.2, 0.25) is 0 Å². The fraction of sp³-hybridized carbons (Fsp3) is 0.0952. The van der Waals surface area contributed by atoms with Gasteiger partial charge in [0.1, 0.15) is 11.5 Å². The molecule has 0 atom stereocenters. The summed E-state index contributed by atoms with van der Waals surface area (Å²) in [5.41, 5.74) is 4.48. The van der Waals surface area contributed by atoms with Crippen LogP contribution in [0.15, 0.2) is 59.0 Å². The average Bonchev–Trinajstić information content (AvgIpc) is 3.13. The third-order valence-corrected chi connectivity index (χ3v) is 5.41. The van der Waals surface area contributed by atoms with Crippen molar-refractivity contribution in [2.24, 2.45) is 5.10 Å². The molecule has 0 amide bonds. The van der Waals surface area contributed by atoms with E-state index < -0.39 is 12.3 Å². The minimum atomic E-state index is -4.78. The Morgan fingerprint density at radius 2 is 1.88 bits per heavy atom. The maximum absolute atomic E-state index is 12.3. The third-order valence-electron chi connectivity index (χ3n) is 4.20. The number of hydrazone groups is 1. The molecule has 1 aromatic heterocycles. The van der Waals surface area contributed by atoms with Crippen LogP contribution in [-0.4, -0.2) is 33.4 Å². The number of aromatic hydroxyl groups is 1. The number of alkyl halides is 3. The van der Waals surface area contributed by atoms with E-state index in [9.17, 15) is 23.1 Å². The van der Waals surface area contributed by atoms with Crippen molar-refractivity contribution in [3.63, 3.8) is 0 Å². The molecule has 0 saturated carbocycles. The summed E-state index contributed by atoms with van der Waals surface area (Å²) in [4.78, 5) is 11.5. The summed E-state index contributed by atoms with van der Waals surface area (Å²) in [6.07, 6.45) is -4.78. The molecule has 0 saturated heterocycles. The van der Waals surface area contributed by atoms with Gasteiger partial charge in [0.05, 0.1) is 21.7 Å². The number of rotatable bonds is 6. The van der Waals surface area contributed by atoms with Crippen LogP contribution in [0.1, 0.15) is 22.8 Å². The number of nitrogens with zero attached hydrogens (tertiary/aromatic N) is 1. The molecule has 0 bridgehead atoms. The molecule has 0 fully saturated rings. The molecule has 0 unspecified atom stereocenters. The Bertz CT molecular complexity index is 1210. The number of anilines is 1. The predicted octanol–water partition coefficient (Wildman–Crippen LogP) is 5.43. The second kappa shape index (κ2) is 9.88. The summed E-state index contributed by atoms with van der Waals surface area (Å²) in [6, 6.07) is 11.2. The van der Waals surface area contributed by atoms with Gasteiger partial charge in [0.2, 0.25) is 0 Å². The van der Waals surface area contributed by atoms with Crippen molar-refractivity contribution in [2.45, 2.75) is 13.3 Å². The summed E-state index contributed by atoms with van der Waals surface area (Å²) >= 11 is 6.34. The molecule has 7 nitrogen and oxygen atoms in total. The van der Waals surface area contributed by atoms with E-state index in [1.807, 2.05) is 0 Å². The Kier molecular flexibility index (Phi) is 7.19. The van der Waals surface area contributed by atoms with Gasteiger partial charge >= 0.3 is 12.3 Å². The van der Waals surface area contributed by atoms with E-state index in [1.54, 1.807) is 24.4 Å². The lowest BCUT2D eigenvalue weighted by molar-refractivity contribution is -0.274. The van der Waals surface area contributed by atoms with Gasteiger partial charge < -0.3 is 20.3 Å². The average molecular weight is 496 g/mol. The highest BCUT2D eigenvalue weighted by molar-refractivity contribution is 7.80. The summed E-state index contributed by atoms with van der Waals surface area (Å²) < 4.78 is 40.8. The monoisotopic (exact) mass is 495 g/mol. The number of nitrogens with one attached hydrogen (secondary N) is 2. The summed E-state index contributed by atoms with van der Waals surface area (Å²) in [6.45, 7) is 1.63. The number of halogens is 3. The van der Waals surface area contributed by atoms with Gasteiger partial charge in [-0.2, -0.15) is 5.10 Å². The topological polar surface area (TPSA) is 103 Å². The molecule has 2 aromatic carbocycles. The molecule has 0 spiro atoms. The first-order valence-electron chi connectivity index (χ1n) is 9.15. The molecule has 3 aromatic rings. The lowest BCUT2D eigenvalue weighted by Gasteiger charge is -2.09. The highest BCUT2D eigenvalue weighted by atomic mass is 32.1. The molecule has 172 valence electrons. The molecule has 33 heavy (non-hydrogen) atoms. The SMILES string of the molecule is C/C(=N\NC(=S)Nc1cccc(C(=O)O)c1)c1csc(-c2ccc(OC(F)(F)F)cc2)c1O. The summed E-state index contributed by atoms with van der Waals surface area (Å²) in [7, 11) is 0. The summed E-state index contributed by atoms with van der Waals surface area (Å²) in [5.74, 6) is -1.52. The minimum absolute atomic E-state index is 0.0828. The maximum atomic E-state index is 12.3. The zero-order valence-corrected chi connectivity index (χ0v) is 18.4. The van der Waals surface area contributed by atoms with Gasteiger partial charge in [-0.15, -0.1) is 24.5 Å². The highest BCUT2D eigenvalue weighted by Crippen LogP contribution is 2.39. The number of benzene rings is 2.